The van der Waals surface area contributed by atoms with E-state index in [9.17, 15) is 0 Å². The number of rotatable bonds is 3. The van der Waals surface area contributed by atoms with Crippen LogP contribution in [0.4, 0.5) is 0 Å². The number of benzene rings is 8. The molecule has 8 aromatic rings. The van der Waals surface area contributed by atoms with E-state index in [1.165, 1.54) is 65.3 Å². The summed E-state index contributed by atoms with van der Waals surface area (Å²) in [6, 6.07) is 54.7. The molecule has 0 spiro atoms. The van der Waals surface area contributed by atoms with Crippen LogP contribution in [0.25, 0.3) is 76.5 Å². The first-order valence-electron chi connectivity index (χ1n) is 14.0. The standard InChI is InChI=1S/C40H25Cl/c41-34-13-7-12-30(24-34)31-20-21-37-38(25-31)40(33-19-17-27-9-2-4-11-29(27)23-33)36-15-6-5-14-35(36)39(37)32-18-16-26-8-1-3-10-28(26)22-32/h1-25H. The van der Waals surface area contributed by atoms with Gasteiger partial charge in [0, 0.05) is 5.02 Å². The lowest BCUT2D eigenvalue weighted by Gasteiger charge is -2.19. The quantitative estimate of drug-likeness (QED) is 0.195. The molecule has 8 aromatic carbocycles. The molecule has 0 heterocycles. The number of hydrogen-bond acceptors (Lipinski definition) is 0. The lowest BCUT2D eigenvalue weighted by atomic mass is 9.84. The molecule has 0 amide bonds. The Balaban J connectivity index is 1.51. The molecule has 0 N–H and O–H groups in total. The molecular weight excluding hydrogens is 516 g/mol. The predicted octanol–water partition coefficient (Wildman–Crippen LogP) is 12.0. The fourth-order valence-corrected chi connectivity index (χ4v) is 6.53. The van der Waals surface area contributed by atoms with E-state index in [1.807, 2.05) is 18.2 Å². The molecule has 0 aliphatic carbocycles. The minimum Gasteiger partial charge on any atom is -0.0843 e. The van der Waals surface area contributed by atoms with E-state index in [2.05, 4.69) is 133 Å². The highest BCUT2D eigenvalue weighted by molar-refractivity contribution is 6.31. The summed E-state index contributed by atoms with van der Waals surface area (Å²) in [6.07, 6.45) is 0. The Labute approximate surface area is 244 Å². The largest absolute Gasteiger partial charge is 0.0843 e. The lowest BCUT2D eigenvalue weighted by molar-refractivity contribution is 1.64. The van der Waals surface area contributed by atoms with Gasteiger partial charge in [-0.25, -0.2) is 0 Å². The zero-order chi connectivity index (χ0) is 27.3. The maximum Gasteiger partial charge on any atom is 0.0412 e. The van der Waals surface area contributed by atoms with E-state index in [0.29, 0.717) is 0 Å². The molecule has 8 rings (SSSR count). The van der Waals surface area contributed by atoms with Crippen LogP contribution < -0.4 is 0 Å². The Morgan fingerprint density at radius 1 is 0.293 bits per heavy atom. The topological polar surface area (TPSA) is 0 Å². The summed E-state index contributed by atoms with van der Waals surface area (Å²) in [5, 5.41) is 10.7. The van der Waals surface area contributed by atoms with Crippen molar-refractivity contribution in [3.05, 3.63) is 157 Å². The number of halogens is 1. The van der Waals surface area contributed by atoms with Gasteiger partial charge in [-0.05, 0) is 107 Å². The third kappa shape index (κ3) is 4.08. The molecule has 0 fully saturated rings. The molecule has 0 saturated heterocycles. The molecule has 0 unspecified atom stereocenters. The van der Waals surface area contributed by atoms with Gasteiger partial charge in [0.15, 0.2) is 0 Å². The van der Waals surface area contributed by atoms with Crippen LogP contribution in [0.5, 0.6) is 0 Å². The highest BCUT2D eigenvalue weighted by atomic mass is 35.5. The first-order valence-corrected chi connectivity index (χ1v) is 14.3. The molecule has 0 saturated carbocycles. The van der Waals surface area contributed by atoms with Crippen molar-refractivity contribution in [3.8, 4) is 33.4 Å². The van der Waals surface area contributed by atoms with Crippen molar-refractivity contribution in [2.24, 2.45) is 0 Å². The van der Waals surface area contributed by atoms with E-state index >= 15 is 0 Å². The summed E-state index contributed by atoms with van der Waals surface area (Å²) in [7, 11) is 0. The predicted molar refractivity (Wildman–Crippen MR) is 178 cm³/mol. The van der Waals surface area contributed by atoms with Gasteiger partial charge >= 0.3 is 0 Å². The van der Waals surface area contributed by atoms with Gasteiger partial charge in [0.05, 0.1) is 0 Å². The minimum absolute atomic E-state index is 0.743. The fourth-order valence-electron chi connectivity index (χ4n) is 6.34. The Morgan fingerprint density at radius 3 is 1.39 bits per heavy atom. The third-order valence-corrected chi connectivity index (χ3v) is 8.49. The Morgan fingerprint density at radius 2 is 0.780 bits per heavy atom. The van der Waals surface area contributed by atoms with E-state index in [1.54, 1.807) is 0 Å². The molecular formula is C40H25Cl. The average Bonchev–Trinajstić information content (AvgIpc) is 3.03. The fraction of sp³-hybridized carbons (Fsp3) is 0. The van der Waals surface area contributed by atoms with E-state index < -0.39 is 0 Å². The lowest BCUT2D eigenvalue weighted by Crippen LogP contribution is -1.92. The van der Waals surface area contributed by atoms with Crippen LogP contribution in [0, 0.1) is 0 Å². The van der Waals surface area contributed by atoms with Gasteiger partial charge in [-0.1, -0.05) is 133 Å². The van der Waals surface area contributed by atoms with Crippen molar-refractivity contribution in [2.75, 3.05) is 0 Å². The van der Waals surface area contributed by atoms with E-state index in [4.69, 9.17) is 11.6 Å². The Kier molecular flexibility index (Phi) is 5.62. The van der Waals surface area contributed by atoms with Crippen molar-refractivity contribution in [1.29, 1.82) is 0 Å². The van der Waals surface area contributed by atoms with Gasteiger partial charge in [0.1, 0.15) is 0 Å². The van der Waals surface area contributed by atoms with Crippen LogP contribution in [0.1, 0.15) is 0 Å². The maximum absolute atomic E-state index is 6.43. The molecule has 0 atom stereocenters. The molecule has 0 bridgehead atoms. The summed E-state index contributed by atoms with van der Waals surface area (Å²) in [5.41, 5.74) is 7.24. The Bertz CT molecular complexity index is 2270. The highest BCUT2D eigenvalue weighted by Gasteiger charge is 2.18. The summed E-state index contributed by atoms with van der Waals surface area (Å²) in [4.78, 5) is 0. The van der Waals surface area contributed by atoms with Gasteiger partial charge in [0.25, 0.3) is 0 Å². The van der Waals surface area contributed by atoms with Gasteiger partial charge in [-0.15, -0.1) is 0 Å². The normalized spacial score (nSPS) is 11.5. The third-order valence-electron chi connectivity index (χ3n) is 8.26. The van der Waals surface area contributed by atoms with Crippen molar-refractivity contribution in [1.82, 2.24) is 0 Å². The molecule has 192 valence electrons. The summed E-state index contributed by atoms with van der Waals surface area (Å²) in [5.74, 6) is 0. The summed E-state index contributed by atoms with van der Waals surface area (Å²) >= 11 is 6.43. The average molecular weight is 541 g/mol. The van der Waals surface area contributed by atoms with Gasteiger partial charge < -0.3 is 0 Å². The minimum atomic E-state index is 0.743. The molecule has 1 heteroatoms. The molecule has 0 radical (unpaired) electrons. The van der Waals surface area contributed by atoms with Crippen LogP contribution in [0.3, 0.4) is 0 Å². The van der Waals surface area contributed by atoms with E-state index in [-0.39, 0.29) is 0 Å². The zero-order valence-corrected chi connectivity index (χ0v) is 23.1. The SMILES string of the molecule is Clc1cccc(-c2ccc3c(-c4ccc5ccccc5c4)c4ccccc4c(-c4ccc5ccccc5c4)c3c2)c1. The Hall–Kier alpha value is -4.91. The van der Waals surface area contributed by atoms with Crippen LogP contribution >= 0.6 is 11.6 Å². The molecule has 0 nitrogen and oxygen atoms in total. The number of hydrogen-bond donors (Lipinski definition) is 0. The zero-order valence-electron chi connectivity index (χ0n) is 22.3. The first kappa shape index (κ1) is 23.9. The second-order valence-corrected chi connectivity index (χ2v) is 11.1. The van der Waals surface area contributed by atoms with Crippen LogP contribution in [0.2, 0.25) is 5.02 Å². The summed E-state index contributed by atoms with van der Waals surface area (Å²) in [6.45, 7) is 0. The molecule has 0 aromatic heterocycles. The smallest absolute Gasteiger partial charge is 0.0412 e. The van der Waals surface area contributed by atoms with Gasteiger partial charge in [-0.3, -0.25) is 0 Å². The monoisotopic (exact) mass is 540 g/mol. The summed E-state index contributed by atoms with van der Waals surface area (Å²) < 4.78 is 0. The van der Waals surface area contributed by atoms with Crippen molar-refractivity contribution in [3.63, 3.8) is 0 Å². The highest BCUT2D eigenvalue weighted by Crippen LogP contribution is 2.45. The molecule has 41 heavy (non-hydrogen) atoms. The van der Waals surface area contributed by atoms with Crippen molar-refractivity contribution in [2.45, 2.75) is 0 Å². The number of fused-ring (bicyclic) bond motifs is 4. The molecule has 0 aliphatic heterocycles. The second kappa shape index (κ2) is 9.63. The maximum atomic E-state index is 6.43. The second-order valence-electron chi connectivity index (χ2n) is 10.7. The van der Waals surface area contributed by atoms with Crippen LogP contribution in [-0.2, 0) is 0 Å². The van der Waals surface area contributed by atoms with E-state index in [0.717, 1.165) is 16.1 Å². The molecule has 0 aliphatic rings. The van der Waals surface area contributed by atoms with Crippen molar-refractivity contribution >= 4 is 54.7 Å². The van der Waals surface area contributed by atoms with Crippen LogP contribution in [-0.4, -0.2) is 0 Å². The van der Waals surface area contributed by atoms with Gasteiger partial charge in [0.2, 0.25) is 0 Å². The van der Waals surface area contributed by atoms with Crippen LogP contribution in [0.15, 0.2) is 152 Å². The first-order chi connectivity index (χ1) is 20.2. The van der Waals surface area contributed by atoms with Crippen molar-refractivity contribution < 1.29 is 0 Å². The van der Waals surface area contributed by atoms with Gasteiger partial charge in [-0.2, -0.15) is 0 Å².